The summed E-state index contributed by atoms with van der Waals surface area (Å²) in [6, 6.07) is 3.49. The quantitative estimate of drug-likeness (QED) is 0.666. The van der Waals surface area contributed by atoms with Crippen LogP contribution >= 0.6 is 0 Å². The van der Waals surface area contributed by atoms with E-state index in [4.69, 9.17) is 10.4 Å². The number of nitriles is 1. The number of aromatic hydroxyl groups is 1. The highest BCUT2D eigenvalue weighted by atomic mass is 19.1. The van der Waals surface area contributed by atoms with Crippen LogP contribution in [0.5, 0.6) is 5.75 Å². The lowest BCUT2D eigenvalue weighted by Crippen LogP contribution is -1.97. The Morgan fingerprint density at radius 2 is 2.23 bits per heavy atom. The van der Waals surface area contributed by atoms with Crippen molar-refractivity contribution in [3.63, 3.8) is 0 Å². The van der Waals surface area contributed by atoms with Crippen LogP contribution in [0, 0.1) is 17.1 Å². The highest BCUT2D eigenvalue weighted by Gasteiger charge is 2.11. The van der Waals surface area contributed by atoms with Crippen molar-refractivity contribution >= 4 is 5.78 Å². The molecule has 0 saturated heterocycles. The largest absolute Gasteiger partial charge is 0.505 e. The van der Waals surface area contributed by atoms with Gasteiger partial charge in [0, 0.05) is 11.6 Å². The van der Waals surface area contributed by atoms with Gasteiger partial charge in [-0.1, -0.05) is 0 Å². The maximum atomic E-state index is 12.7. The molecule has 0 aliphatic rings. The van der Waals surface area contributed by atoms with Crippen LogP contribution in [0.25, 0.3) is 0 Å². The second-order valence-electron chi connectivity index (χ2n) is 2.52. The molecule has 0 atom stereocenters. The van der Waals surface area contributed by atoms with Gasteiger partial charge in [0.25, 0.3) is 0 Å². The SMILES string of the molecule is CC(=O)c1cc(F)c(O)cc1C#N. The van der Waals surface area contributed by atoms with E-state index in [0.29, 0.717) is 0 Å². The second kappa shape index (κ2) is 3.23. The third-order valence-electron chi connectivity index (χ3n) is 1.59. The monoisotopic (exact) mass is 179 g/mol. The van der Waals surface area contributed by atoms with Crippen molar-refractivity contribution in [3.8, 4) is 11.8 Å². The number of phenols is 1. The lowest BCUT2D eigenvalue weighted by molar-refractivity contribution is 0.101. The van der Waals surface area contributed by atoms with Gasteiger partial charge < -0.3 is 5.11 Å². The molecular weight excluding hydrogens is 173 g/mol. The van der Waals surface area contributed by atoms with Crippen LogP contribution < -0.4 is 0 Å². The zero-order valence-corrected chi connectivity index (χ0v) is 6.84. The highest BCUT2D eigenvalue weighted by molar-refractivity contribution is 5.96. The van der Waals surface area contributed by atoms with E-state index in [0.717, 1.165) is 12.1 Å². The molecule has 0 aliphatic carbocycles. The van der Waals surface area contributed by atoms with E-state index in [1.54, 1.807) is 6.07 Å². The second-order valence-corrected chi connectivity index (χ2v) is 2.52. The van der Waals surface area contributed by atoms with Crippen LogP contribution in [0.2, 0.25) is 0 Å². The van der Waals surface area contributed by atoms with Crippen molar-refractivity contribution in [2.24, 2.45) is 0 Å². The molecule has 13 heavy (non-hydrogen) atoms. The molecule has 0 bridgehead atoms. The van der Waals surface area contributed by atoms with Crippen molar-refractivity contribution in [1.29, 1.82) is 5.26 Å². The predicted molar refractivity (Wildman–Crippen MR) is 42.8 cm³/mol. The van der Waals surface area contributed by atoms with Gasteiger partial charge in [0.1, 0.15) is 6.07 Å². The van der Waals surface area contributed by atoms with E-state index in [-0.39, 0.29) is 11.1 Å². The van der Waals surface area contributed by atoms with E-state index < -0.39 is 17.3 Å². The van der Waals surface area contributed by atoms with Gasteiger partial charge in [-0.25, -0.2) is 4.39 Å². The molecule has 0 heterocycles. The lowest BCUT2D eigenvalue weighted by Gasteiger charge is -2.00. The predicted octanol–water partition coefficient (Wildman–Crippen LogP) is 1.61. The molecule has 0 saturated carbocycles. The molecule has 0 fully saturated rings. The van der Waals surface area contributed by atoms with Crippen LogP contribution in [0.4, 0.5) is 4.39 Å². The van der Waals surface area contributed by atoms with Crippen LogP contribution in [0.1, 0.15) is 22.8 Å². The number of phenolic OH excluding ortho intramolecular Hbond substituents is 1. The fraction of sp³-hybridized carbons (Fsp3) is 0.111. The molecule has 66 valence electrons. The third-order valence-corrected chi connectivity index (χ3v) is 1.59. The molecule has 0 radical (unpaired) electrons. The molecule has 0 unspecified atom stereocenters. The maximum absolute atomic E-state index is 12.7. The van der Waals surface area contributed by atoms with E-state index in [1.165, 1.54) is 6.92 Å². The number of benzene rings is 1. The summed E-state index contributed by atoms with van der Waals surface area (Å²) in [5.41, 5.74) is -0.0378. The van der Waals surface area contributed by atoms with Gasteiger partial charge in [0.05, 0.1) is 5.56 Å². The van der Waals surface area contributed by atoms with E-state index in [1.807, 2.05) is 0 Å². The highest BCUT2D eigenvalue weighted by Crippen LogP contribution is 2.20. The molecule has 0 aliphatic heterocycles. The van der Waals surface area contributed by atoms with Gasteiger partial charge >= 0.3 is 0 Å². The van der Waals surface area contributed by atoms with Crippen LogP contribution in [0.15, 0.2) is 12.1 Å². The summed E-state index contributed by atoms with van der Waals surface area (Å²) in [7, 11) is 0. The molecule has 1 aromatic rings. The Balaban J connectivity index is 3.44. The number of Topliss-reactive ketones (excluding diaryl/α,β-unsaturated/α-hetero) is 1. The first kappa shape index (κ1) is 9.20. The van der Waals surface area contributed by atoms with E-state index in [2.05, 4.69) is 0 Å². The van der Waals surface area contributed by atoms with Crippen molar-refractivity contribution in [2.45, 2.75) is 6.92 Å². The summed E-state index contributed by atoms with van der Waals surface area (Å²) in [6.07, 6.45) is 0. The lowest BCUT2D eigenvalue weighted by atomic mass is 10.0. The minimum Gasteiger partial charge on any atom is -0.505 e. The van der Waals surface area contributed by atoms with Gasteiger partial charge in [0.2, 0.25) is 0 Å². The van der Waals surface area contributed by atoms with Gasteiger partial charge in [-0.2, -0.15) is 5.26 Å². The number of ketones is 1. The number of nitrogens with zero attached hydrogens (tertiary/aromatic N) is 1. The minimum absolute atomic E-state index is 0.0159. The summed E-state index contributed by atoms with van der Waals surface area (Å²) in [6.45, 7) is 1.23. The standard InChI is InChI=1S/C9H6FNO2/c1-5(12)7-3-8(10)9(13)2-6(7)4-11/h2-3,13H,1H3. The summed E-state index contributed by atoms with van der Waals surface area (Å²) >= 11 is 0. The summed E-state index contributed by atoms with van der Waals surface area (Å²) in [5, 5.41) is 17.4. The summed E-state index contributed by atoms with van der Waals surface area (Å²) < 4.78 is 12.7. The van der Waals surface area contributed by atoms with Gasteiger partial charge in [-0.05, 0) is 13.0 Å². The molecule has 1 aromatic carbocycles. The Morgan fingerprint density at radius 3 is 2.69 bits per heavy atom. The van der Waals surface area contributed by atoms with Gasteiger partial charge in [-0.3, -0.25) is 4.79 Å². The molecule has 1 rings (SSSR count). The molecule has 0 aromatic heterocycles. The Morgan fingerprint density at radius 1 is 1.62 bits per heavy atom. The average Bonchev–Trinajstić information content (AvgIpc) is 2.08. The number of hydrogen-bond donors (Lipinski definition) is 1. The topological polar surface area (TPSA) is 61.1 Å². The molecule has 4 heteroatoms. The first-order valence-electron chi connectivity index (χ1n) is 3.50. The normalized spacial score (nSPS) is 9.31. The number of rotatable bonds is 1. The molecule has 3 nitrogen and oxygen atoms in total. The maximum Gasteiger partial charge on any atom is 0.165 e. The van der Waals surface area contributed by atoms with Crippen molar-refractivity contribution in [3.05, 3.63) is 29.1 Å². The van der Waals surface area contributed by atoms with Crippen LogP contribution in [-0.4, -0.2) is 10.9 Å². The van der Waals surface area contributed by atoms with E-state index in [9.17, 15) is 9.18 Å². The Hall–Kier alpha value is -1.89. The van der Waals surface area contributed by atoms with Crippen molar-refractivity contribution in [1.82, 2.24) is 0 Å². The zero-order valence-electron chi connectivity index (χ0n) is 6.84. The fourth-order valence-electron chi connectivity index (χ4n) is 0.946. The first-order chi connectivity index (χ1) is 6.06. The number of carbonyl (C=O) groups is 1. The number of halogens is 1. The smallest absolute Gasteiger partial charge is 0.165 e. The number of hydrogen-bond acceptors (Lipinski definition) is 3. The Kier molecular flexibility index (Phi) is 2.29. The van der Waals surface area contributed by atoms with Crippen molar-refractivity contribution in [2.75, 3.05) is 0 Å². The van der Waals surface area contributed by atoms with Crippen LogP contribution in [0.3, 0.4) is 0 Å². The van der Waals surface area contributed by atoms with Gasteiger partial charge in [0.15, 0.2) is 17.3 Å². The Bertz CT molecular complexity index is 407. The average molecular weight is 179 g/mol. The molecule has 1 N–H and O–H groups in total. The molecule has 0 amide bonds. The minimum atomic E-state index is -0.899. The third kappa shape index (κ3) is 1.64. The molecular formula is C9H6FNO2. The fourth-order valence-corrected chi connectivity index (χ4v) is 0.946. The summed E-state index contributed by atoms with van der Waals surface area (Å²) in [5.74, 6) is -1.93. The van der Waals surface area contributed by atoms with Gasteiger partial charge in [-0.15, -0.1) is 0 Å². The zero-order chi connectivity index (χ0) is 10.0. The Labute approximate surface area is 74.0 Å². The first-order valence-corrected chi connectivity index (χ1v) is 3.50. The van der Waals surface area contributed by atoms with E-state index >= 15 is 0 Å². The van der Waals surface area contributed by atoms with Crippen molar-refractivity contribution < 1.29 is 14.3 Å². The molecule has 0 spiro atoms. The summed E-state index contributed by atoms with van der Waals surface area (Å²) in [4.78, 5) is 10.9. The number of carbonyl (C=O) groups excluding carboxylic acids is 1. The van der Waals surface area contributed by atoms with Crippen LogP contribution in [-0.2, 0) is 0 Å².